The minimum atomic E-state index is -0.838. The molecule has 0 unspecified atom stereocenters. The van der Waals surface area contributed by atoms with Crippen molar-refractivity contribution in [2.24, 2.45) is 7.05 Å². The van der Waals surface area contributed by atoms with Crippen molar-refractivity contribution in [1.82, 2.24) is 4.57 Å². The maximum atomic E-state index is 11.8. The minimum Gasteiger partial charge on any atom is -0.481 e. The van der Waals surface area contributed by atoms with Crippen LogP contribution in [0.1, 0.15) is 40.7 Å². The first-order valence-corrected chi connectivity index (χ1v) is 5.93. The number of aromatic nitrogens is 1. The molecular formula is C13H19NO4. The molecule has 1 aromatic rings. The monoisotopic (exact) mass is 253 g/mol. The molecule has 0 aromatic carbocycles. The predicted octanol–water partition coefficient (Wildman–Crippen LogP) is 1.84. The minimum absolute atomic E-state index is 0.0635. The van der Waals surface area contributed by atoms with E-state index < -0.39 is 5.97 Å². The zero-order valence-corrected chi connectivity index (χ0v) is 11.2. The molecule has 0 aliphatic rings. The van der Waals surface area contributed by atoms with Crippen LogP contribution in [0.4, 0.5) is 0 Å². The topological polar surface area (TPSA) is 68.5 Å². The first kappa shape index (κ1) is 14.3. The van der Waals surface area contributed by atoms with Crippen LogP contribution in [0, 0.1) is 13.8 Å². The lowest BCUT2D eigenvalue weighted by Gasteiger charge is -2.05. The van der Waals surface area contributed by atoms with Gasteiger partial charge in [-0.05, 0) is 38.3 Å². The molecule has 1 heterocycles. The van der Waals surface area contributed by atoms with E-state index in [0.717, 1.165) is 16.8 Å². The Bertz CT molecular complexity index is 474. The van der Waals surface area contributed by atoms with E-state index in [1.807, 2.05) is 13.8 Å². The summed E-state index contributed by atoms with van der Waals surface area (Å²) in [5.41, 5.74) is 3.16. The third kappa shape index (κ3) is 2.72. The molecule has 5 nitrogen and oxygen atoms in total. The van der Waals surface area contributed by atoms with E-state index >= 15 is 0 Å². The largest absolute Gasteiger partial charge is 0.481 e. The van der Waals surface area contributed by atoms with Gasteiger partial charge < -0.3 is 14.4 Å². The van der Waals surface area contributed by atoms with Crippen molar-refractivity contribution in [1.29, 1.82) is 0 Å². The van der Waals surface area contributed by atoms with E-state index in [-0.39, 0.29) is 12.4 Å². The smallest absolute Gasteiger partial charge is 0.355 e. The molecule has 0 radical (unpaired) electrons. The van der Waals surface area contributed by atoms with Gasteiger partial charge in [0.2, 0.25) is 0 Å². The molecule has 0 amide bonds. The SMILES string of the molecule is CCOC(=O)c1c(C)c(CCC(=O)O)c(C)n1C. The molecule has 0 bridgehead atoms. The number of aliphatic carboxylic acids is 1. The summed E-state index contributed by atoms with van der Waals surface area (Å²) >= 11 is 0. The van der Waals surface area contributed by atoms with Gasteiger partial charge in [0.25, 0.3) is 0 Å². The van der Waals surface area contributed by atoms with Crippen LogP contribution in [-0.4, -0.2) is 28.2 Å². The highest BCUT2D eigenvalue weighted by molar-refractivity contribution is 5.90. The maximum absolute atomic E-state index is 11.8. The average Bonchev–Trinajstić information content (AvgIpc) is 2.48. The Labute approximate surface area is 106 Å². The fraction of sp³-hybridized carbons (Fsp3) is 0.538. The number of carboxylic acid groups (broad SMARTS) is 1. The Hall–Kier alpha value is -1.78. The zero-order valence-electron chi connectivity index (χ0n) is 11.2. The summed E-state index contributed by atoms with van der Waals surface area (Å²) in [6, 6.07) is 0. The summed E-state index contributed by atoms with van der Waals surface area (Å²) in [6.07, 6.45) is 0.494. The molecule has 0 fully saturated rings. The van der Waals surface area contributed by atoms with Crippen molar-refractivity contribution in [2.75, 3.05) is 6.61 Å². The van der Waals surface area contributed by atoms with E-state index in [1.165, 1.54) is 0 Å². The Morgan fingerprint density at radius 2 is 1.94 bits per heavy atom. The molecule has 100 valence electrons. The number of ether oxygens (including phenoxy) is 1. The number of nitrogens with zero attached hydrogens (tertiary/aromatic N) is 1. The second-order valence-electron chi connectivity index (χ2n) is 4.21. The first-order chi connectivity index (χ1) is 8.40. The van der Waals surface area contributed by atoms with Crippen molar-refractivity contribution in [3.05, 3.63) is 22.5 Å². The number of carboxylic acids is 1. The van der Waals surface area contributed by atoms with Crippen LogP contribution in [0.5, 0.6) is 0 Å². The van der Waals surface area contributed by atoms with Crippen molar-refractivity contribution in [3.8, 4) is 0 Å². The van der Waals surface area contributed by atoms with Crippen LogP contribution < -0.4 is 0 Å². The van der Waals surface area contributed by atoms with Gasteiger partial charge >= 0.3 is 11.9 Å². The van der Waals surface area contributed by atoms with E-state index in [4.69, 9.17) is 9.84 Å². The summed E-state index contributed by atoms with van der Waals surface area (Å²) in [7, 11) is 1.79. The van der Waals surface area contributed by atoms with Crippen molar-refractivity contribution in [2.45, 2.75) is 33.6 Å². The van der Waals surface area contributed by atoms with Crippen LogP contribution in [0.2, 0.25) is 0 Å². The van der Waals surface area contributed by atoms with Gasteiger partial charge in [-0.2, -0.15) is 0 Å². The summed E-state index contributed by atoms with van der Waals surface area (Å²) in [6.45, 7) is 5.80. The summed E-state index contributed by atoms with van der Waals surface area (Å²) in [5.74, 6) is -1.20. The van der Waals surface area contributed by atoms with Crippen molar-refractivity contribution >= 4 is 11.9 Å². The fourth-order valence-corrected chi connectivity index (χ4v) is 2.13. The first-order valence-electron chi connectivity index (χ1n) is 5.93. The van der Waals surface area contributed by atoms with Crippen LogP contribution in [0.15, 0.2) is 0 Å². The molecule has 0 saturated heterocycles. The Morgan fingerprint density at radius 3 is 2.44 bits per heavy atom. The molecule has 0 saturated carbocycles. The lowest BCUT2D eigenvalue weighted by molar-refractivity contribution is -0.136. The lowest BCUT2D eigenvalue weighted by Crippen LogP contribution is -2.11. The van der Waals surface area contributed by atoms with Crippen LogP contribution in [-0.2, 0) is 23.0 Å². The Morgan fingerprint density at radius 1 is 1.33 bits per heavy atom. The number of hydrogen-bond donors (Lipinski definition) is 1. The fourth-order valence-electron chi connectivity index (χ4n) is 2.13. The highest BCUT2D eigenvalue weighted by Crippen LogP contribution is 2.23. The number of carbonyl (C=O) groups is 2. The summed E-state index contributed by atoms with van der Waals surface area (Å²) < 4.78 is 6.78. The van der Waals surface area contributed by atoms with Gasteiger partial charge in [0, 0.05) is 19.2 Å². The predicted molar refractivity (Wildman–Crippen MR) is 66.8 cm³/mol. The second-order valence-corrected chi connectivity index (χ2v) is 4.21. The number of rotatable bonds is 5. The highest BCUT2D eigenvalue weighted by Gasteiger charge is 2.21. The summed E-state index contributed by atoms with van der Waals surface area (Å²) in [5, 5.41) is 8.73. The molecule has 1 rings (SSSR count). The number of carbonyl (C=O) groups excluding carboxylic acids is 1. The number of esters is 1. The van der Waals surface area contributed by atoms with Gasteiger partial charge in [-0.15, -0.1) is 0 Å². The van der Waals surface area contributed by atoms with Gasteiger partial charge in [-0.1, -0.05) is 0 Å². The van der Waals surface area contributed by atoms with Crippen LogP contribution in [0.25, 0.3) is 0 Å². The molecule has 1 N–H and O–H groups in total. The van der Waals surface area contributed by atoms with Gasteiger partial charge in [0.15, 0.2) is 0 Å². The van der Waals surface area contributed by atoms with Crippen LogP contribution in [0.3, 0.4) is 0 Å². The molecular weight excluding hydrogens is 234 g/mol. The quantitative estimate of drug-likeness (QED) is 0.813. The van der Waals surface area contributed by atoms with Gasteiger partial charge in [-0.25, -0.2) is 4.79 Å². The second kappa shape index (κ2) is 5.71. The lowest BCUT2D eigenvalue weighted by atomic mass is 10.1. The van der Waals surface area contributed by atoms with Gasteiger partial charge in [-0.3, -0.25) is 4.79 Å². The molecule has 0 aliphatic carbocycles. The average molecular weight is 253 g/mol. The number of hydrogen-bond acceptors (Lipinski definition) is 3. The summed E-state index contributed by atoms with van der Waals surface area (Å²) in [4.78, 5) is 22.5. The van der Waals surface area contributed by atoms with Gasteiger partial charge in [0.1, 0.15) is 5.69 Å². The highest BCUT2D eigenvalue weighted by atomic mass is 16.5. The van der Waals surface area contributed by atoms with E-state index in [2.05, 4.69) is 0 Å². The maximum Gasteiger partial charge on any atom is 0.355 e. The standard InChI is InChI=1S/C13H19NO4/c1-5-18-13(17)12-8(2)10(6-7-11(15)16)9(3)14(12)4/h5-7H2,1-4H3,(H,15,16). The zero-order chi connectivity index (χ0) is 13.9. The van der Waals surface area contributed by atoms with Crippen molar-refractivity contribution < 1.29 is 19.4 Å². The van der Waals surface area contributed by atoms with E-state index in [9.17, 15) is 9.59 Å². The Balaban J connectivity index is 3.11. The van der Waals surface area contributed by atoms with E-state index in [0.29, 0.717) is 18.7 Å². The molecule has 5 heteroatoms. The van der Waals surface area contributed by atoms with E-state index in [1.54, 1.807) is 18.5 Å². The van der Waals surface area contributed by atoms with Gasteiger partial charge in [0.05, 0.1) is 6.61 Å². The van der Waals surface area contributed by atoms with Crippen molar-refractivity contribution in [3.63, 3.8) is 0 Å². The molecule has 0 spiro atoms. The third-order valence-electron chi connectivity index (χ3n) is 3.14. The molecule has 0 atom stereocenters. The third-order valence-corrected chi connectivity index (χ3v) is 3.14. The van der Waals surface area contributed by atoms with Crippen LogP contribution >= 0.6 is 0 Å². The molecule has 18 heavy (non-hydrogen) atoms. The molecule has 1 aromatic heterocycles. The molecule has 0 aliphatic heterocycles. The Kier molecular flexibility index (Phi) is 4.53. The normalized spacial score (nSPS) is 10.4.